The lowest BCUT2D eigenvalue weighted by Gasteiger charge is -2.14. The third-order valence-electron chi connectivity index (χ3n) is 4.83. The first-order chi connectivity index (χ1) is 15.7. The maximum Gasteiger partial charge on any atom is 0.283 e. The summed E-state index contributed by atoms with van der Waals surface area (Å²) in [5.74, 6) is 0.362. The monoisotopic (exact) mass is 463 g/mol. The molecule has 10 heteroatoms. The van der Waals surface area contributed by atoms with Crippen molar-refractivity contribution in [2.24, 2.45) is 0 Å². The molecule has 0 unspecified atom stereocenters. The van der Waals surface area contributed by atoms with Crippen LogP contribution in [0.3, 0.4) is 0 Å². The fourth-order valence-corrected chi connectivity index (χ4v) is 4.78. The van der Waals surface area contributed by atoms with Gasteiger partial charge in [-0.2, -0.15) is 0 Å². The average molecular weight is 464 g/mol. The molecule has 0 radical (unpaired) electrons. The third kappa shape index (κ3) is 3.63. The molecule has 2 N–H and O–H groups in total. The van der Waals surface area contributed by atoms with Crippen molar-refractivity contribution in [2.45, 2.75) is 5.16 Å². The molecule has 3 heterocycles. The summed E-state index contributed by atoms with van der Waals surface area (Å²) in [4.78, 5) is 38.1. The minimum absolute atomic E-state index is 0.0645. The second kappa shape index (κ2) is 8.48. The zero-order chi connectivity index (χ0) is 22.1. The van der Waals surface area contributed by atoms with Gasteiger partial charge < -0.3 is 15.0 Å². The normalized spacial score (nSPS) is 11.2. The summed E-state index contributed by atoms with van der Waals surface area (Å²) in [5.41, 5.74) is 2.07. The number of hydrogen-bond acceptors (Lipinski definition) is 7. The molecule has 160 valence electrons. The van der Waals surface area contributed by atoms with E-state index in [1.165, 1.54) is 27.7 Å². The van der Waals surface area contributed by atoms with Crippen LogP contribution in [0.15, 0.2) is 70.1 Å². The number of ether oxygens (including phenoxy) is 1. The highest BCUT2D eigenvalue weighted by atomic mass is 32.2. The maximum atomic E-state index is 13.6. The van der Waals surface area contributed by atoms with E-state index in [4.69, 9.17) is 9.72 Å². The van der Waals surface area contributed by atoms with Gasteiger partial charge in [-0.05, 0) is 18.2 Å². The summed E-state index contributed by atoms with van der Waals surface area (Å²) in [5, 5.41) is 6.31. The first-order valence-corrected chi connectivity index (χ1v) is 11.5. The van der Waals surface area contributed by atoms with Gasteiger partial charge in [-0.15, -0.1) is 11.3 Å². The molecule has 0 fully saturated rings. The number of H-pyrrole nitrogens is 1. The molecule has 1 amide bonds. The summed E-state index contributed by atoms with van der Waals surface area (Å²) in [6, 6.07) is 14.8. The Morgan fingerprint density at radius 3 is 2.84 bits per heavy atom. The second-order valence-electron chi connectivity index (χ2n) is 6.78. The van der Waals surface area contributed by atoms with Crippen molar-refractivity contribution in [3.63, 3.8) is 0 Å². The van der Waals surface area contributed by atoms with Gasteiger partial charge in [0.1, 0.15) is 16.8 Å². The summed E-state index contributed by atoms with van der Waals surface area (Å²) in [6.07, 6.45) is 1.62. The zero-order valence-electron chi connectivity index (χ0n) is 16.9. The van der Waals surface area contributed by atoms with Crippen LogP contribution in [0.4, 0.5) is 5.13 Å². The molecular formula is C22H17N5O3S2. The number of para-hydroxylation sites is 3. The molecule has 0 saturated carbocycles. The van der Waals surface area contributed by atoms with Crippen LogP contribution in [0, 0.1) is 0 Å². The van der Waals surface area contributed by atoms with Crippen molar-refractivity contribution in [3.8, 4) is 11.4 Å². The van der Waals surface area contributed by atoms with Crippen LogP contribution >= 0.6 is 23.1 Å². The molecule has 8 nitrogen and oxygen atoms in total. The van der Waals surface area contributed by atoms with E-state index in [1.807, 2.05) is 36.4 Å². The van der Waals surface area contributed by atoms with Crippen molar-refractivity contribution in [1.29, 1.82) is 0 Å². The molecule has 5 aromatic rings. The molecule has 0 aliphatic carbocycles. The number of rotatable bonds is 6. The topological polar surface area (TPSA) is 102 Å². The molecular weight excluding hydrogens is 446 g/mol. The first kappa shape index (κ1) is 20.3. The molecule has 0 atom stereocenters. The van der Waals surface area contributed by atoms with Crippen LogP contribution in [-0.2, 0) is 4.79 Å². The fourth-order valence-electron chi connectivity index (χ4n) is 3.44. The number of thioether (sulfide) groups is 1. The fraction of sp³-hybridized carbons (Fsp3) is 0.0909. The largest absolute Gasteiger partial charge is 0.495 e. The number of aromatic amines is 1. The Labute approximate surface area is 190 Å². The number of carbonyl (C=O) groups excluding carboxylic acids is 1. The van der Waals surface area contributed by atoms with Crippen LogP contribution < -0.4 is 15.6 Å². The molecule has 0 spiro atoms. The van der Waals surface area contributed by atoms with E-state index >= 15 is 0 Å². The highest BCUT2D eigenvalue weighted by molar-refractivity contribution is 7.99. The lowest BCUT2D eigenvalue weighted by molar-refractivity contribution is -0.113. The summed E-state index contributed by atoms with van der Waals surface area (Å²) >= 11 is 2.52. The van der Waals surface area contributed by atoms with Gasteiger partial charge in [0.15, 0.2) is 10.3 Å². The van der Waals surface area contributed by atoms with Crippen LogP contribution in [0.5, 0.6) is 5.75 Å². The molecule has 0 aliphatic heterocycles. The number of carbonyl (C=O) groups is 1. The minimum Gasteiger partial charge on any atom is -0.495 e. The van der Waals surface area contributed by atoms with Crippen molar-refractivity contribution < 1.29 is 9.53 Å². The van der Waals surface area contributed by atoms with E-state index in [0.29, 0.717) is 32.8 Å². The van der Waals surface area contributed by atoms with E-state index in [9.17, 15) is 9.59 Å². The Kier molecular flexibility index (Phi) is 5.38. The number of methoxy groups -OCH3 is 1. The Balaban J connectivity index is 1.64. The highest BCUT2D eigenvalue weighted by Crippen LogP contribution is 2.29. The van der Waals surface area contributed by atoms with Gasteiger partial charge in [-0.3, -0.25) is 9.59 Å². The third-order valence-corrected chi connectivity index (χ3v) is 6.46. The van der Waals surface area contributed by atoms with Crippen molar-refractivity contribution in [3.05, 3.63) is 70.5 Å². The van der Waals surface area contributed by atoms with Crippen molar-refractivity contribution in [1.82, 2.24) is 19.5 Å². The van der Waals surface area contributed by atoms with Crippen LogP contribution in [0.1, 0.15) is 0 Å². The van der Waals surface area contributed by atoms with E-state index in [2.05, 4.69) is 15.3 Å². The quantitative estimate of drug-likeness (QED) is 0.291. The Hall–Kier alpha value is -3.63. The van der Waals surface area contributed by atoms with Crippen LogP contribution in [0.2, 0.25) is 0 Å². The lowest BCUT2D eigenvalue weighted by Crippen LogP contribution is -2.23. The van der Waals surface area contributed by atoms with Gasteiger partial charge in [0.2, 0.25) is 5.91 Å². The molecule has 5 rings (SSSR count). The van der Waals surface area contributed by atoms with E-state index in [-0.39, 0.29) is 17.2 Å². The van der Waals surface area contributed by atoms with E-state index < -0.39 is 0 Å². The Morgan fingerprint density at radius 1 is 1.22 bits per heavy atom. The maximum absolute atomic E-state index is 13.6. The van der Waals surface area contributed by atoms with Crippen molar-refractivity contribution in [2.75, 3.05) is 18.2 Å². The van der Waals surface area contributed by atoms with Gasteiger partial charge in [-0.1, -0.05) is 42.1 Å². The van der Waals surface area contributed by atoms with Crippen LogP contribution in [-0.4, -0.2) is 38.3 Å². The average Bonchev–Trinajstić information content (AvgIpc) is 3.46. The van der Waals surface area contributed by atoms with Crippen LogP contribution in [0.25, 0.3) is 27.6 Å². The molecule has 32 heavy (non-hydrogen) atoms. The van der Waals surface area contributed by atoms with Gasteiger partial charge in [0.25, 0.3) is 5.56 Å². The standard InChI is InChI=1S/C22H17N5O3S2/c1-30-16-9-5-4-8-15(16)27-20(29)19-18(13-6-2-3-7-14(13)24-19)26-22(27)32-12-17(28)25-21-23-10-11-31-21/h2-11,24H,12H2,1H3,(H,23,25,28). The summed E-state index contributed by atoms with van der Waals surface area (Å²) < 4.78 is 6.97. The number of aromatic nitrogens is 4. The number of nitrogens with zero attached hydrogens (tertiary/aromatic N) is 3. The Morgan fingerprint density at radius 2 is 2.03 bits per heavy atom. The molecule has 0 bridgehead atoms. The smallest absolute Gasteiger partial charge is 0.283 e. The van der Waals surface area contributed by atoms with Gasteiger partial charge >= 0.3 is 0 Å². The number of amides is 1. The lowest BCUT2D eigenvalue weighted by atomic mass is 10.2. The molecule has 2 aromatic carbocycles. The van der Waals surface area contributed by atoms with Crippen molar-refractivity contribution >= 4 is 56.1 Å². The minimum atomic E-state index is -0.265. The number of anilines is 1. The van der Waals surface area contributed by atoms with Gasteiger partial charge in [-0.25, -0.2) is 14.5 Å². The Bertz CT molecular complexity index is 1490. The summed E-state index contributed by atoms with van der Waals surface area (Å²) in [7, 11) is 1.55. The SMILES string of the molecule is COc1ccccc1-n1c(SCC(=O)Nc2nccs2)nc2c([nH]c3ccccc32)c1=O. The highest BCUT2D eigenvalue weighted by Gasteiger charge is 2.20. The number of nitrogens with one attached hydrogen (secondary N) is 2. The number of benzene rings is 2. The van der Waals surface area contributed by atoms with E-state index in [0.717, 1.165) is 10.9 Å². The molecule has 0 aliphatic rings. The number of fused-ring (bicyclic) bond motifs is 3. The van der Waals surface area contributed by atoms with Gasteiger partial charge in [0.05, 0.1) is 18.6 Å². The molecule has 3 aromatic heterocycles. The number of thiazole rings is 1. The predicted molar refractivity (Wildman–Crippen MR) is 127 cm³/mol. The first-order valence-electron chi connectivity index (χ1n) is 9.64. The van der Waals surface area contributed by atoms with Gasteiger partial charge in [0, 0.05) is 22.5 Å². The number of hydrogen-bond donors (Lipinski definition) is 2. The van der Waals surface area contributed by atoms with E-state index in [1.54, 1.807) is 30.8 Å². The second-order valence-corrected chi connectivity index (χ2v) is 8.61. The zero-order valence-corrected chi connectivity index (χ0v) is 18.5. The predicted octanol–water partition coefficient (Wildman–Crippen LogP) is 4.06. The summed E-state index contributed by atoms with van der Waals surface area (Å²) in [6.45, 7) is 0. The molecule has 0 saturated heterocycles.